The number of rotatable bonds is 4. The van der Waals surface area contributed by atoms with Gasteiger partial charge in [-0.3, -0.25) is 4.79 Å². The lowest BCUT2D eigenvalue weighted by Gasteiger charge is -2.25. The average Bonchev–Trinajstić information content (AvgIpc) is 2.93. The smallest absolute Gasteiger partial charge is 0.235 e. The van der Waals surface area contributed by atoms with E-state index in [4.69, 9.17) is 0 Å². The minimum atomic E-state index is -2.98. The maximum absolute atomic E-state index is 12.3. The number of hydrogen-bond donors (Lipinski definition) is 0. The van der Waals surface area contributed by atoms with Gasteiger partial charge in [-0.1, -0.05) is 23.1 Å². The fraction of sp³-hybridized carbons (Fsp3) is 0.727. The Morgan fingerprint density at radius 1 is 1.50 bits per heavy atom. The monoisotopic (exact) mass is 335 g/mol. The molecule has 0 saturated carbocycles. The molecule has 1 aromatic rings. The molecule has 6 nitrogen and oxygen atoms in total. The number of aromatic nitrogens is 2. The number of aryl methyl sites for hydroxylation is 1. The van der Waals surface area contributed by atoms with Gasteiger partial charge < -0.3 is 4.90 Å². The van der Waals surface area contributed by atoms with Gasteiger partial charge in [0.15, 0.2) is 14.2 Å². The van der Waals surface area contributed by atoms with Crippen LogP contribution in [0.15, 0.2) is 4.34 Å². The Morgan fingerprint density at radius 2 is 2.20 bits per heavy atom. The van der Waals surface area contributed by atoms with Crippen molar-refractivity contribution >= 4 is 38.8 Å². The minimum Gasteiger partial charge on any atom is -0.341 e. The highest BCUT2D eigenvalue weighted by molar-refractivity contribution is 8.02. The number of carbonyl (C=O) groups is 1. The molecule has 1 amide bonds. The maximum atomic E-state index is 12.3. The van der Waals surface area contributed by atoms with E-state index in [-0.39, 0.29) is 28.7 Å². The predicted octanol–water partition coefficient (Wildman–Crippen LogP) is 0.973. The number of hydrogen-bond acceptors (Lipinski definition) is 7. The number of carbonyl (C=O) groups excluding carboxylic acids is 1. The molecular weight excluding hydrogens is 318 g/mol. The summed E-state index contributed by atoms with van der Waals surface area (Å²) in [6.45, 7) is 3.67. The van der Waals surface area contributed by atoms with Gasteiger partial charge in [-0.2, -0.15) is 0 Å². The normalized spacial score (nSPS) is 22.6. The highest BCUT2D eigenvalue weighted by Gasteiger charge is 2.34. The standard InChI is InChI=1S/C11H17N3O3S3/c1-7(18-11-13-12-8(2)19-11)10(15)14(3)9-4-5-20(16,17)6-9/h7,9H,4-6H2,1-3H3/t7-,9-/m1/s1. The Balaban J connectivity index is 1.96. The van der Waals surface area contributed by atoms with Gasteiger partial charge in [0.05, 0.1) is 16.8 Å². The second-order valence-corrected chi connectivity index (χ2v) is 9.85. The van der Waals surface area contributed by atoms with Gasteiger partial charge in [0.2, 0.25) is 5.91 Å². The molecule has 0 N–H and O–H groups in total. The summed E-state index contributed by atoms with van der Waals surface area (Å²) >= 11 is 2.82. The first-order valence-corrected chi connectivity index (χ1v) is 9.74. The zero-order chi connectivity index (χ0) is 14.9. The van der Waals surface area contributed by atoms with E-state index >= 15 is 0 Å². The molecule has 2 rings (SSSR count). The van der Waals surface area contributed by atoms with Gasteiger partial charge >= 0.3 is 0 Å². The molecular formula is C11H17N3O3S3. The van der Waals surface area contributed by atoms with Gasteiger partial charge in [0.1, 0.15) is 5.01 Å². The Bertz CT molecular complexity index is 599. The lowest BCUT2D eigenvalue weighted by molar-refractivity contribution is -0.130. The molecule has 20 heavy (non-hydrogen) atoms. The van der Waals surface area contributed by atoms with Crippen molar-refractivity contribution in [2.24, 2.45) is 0 Å². The fourth-order valence-electron chi connectivity index (χ4n) is 2.08. The molecule has 1 aliphatic heterocycles. The largest absolute Gasteiger partial charge is 0.341 e. The van der Waals surface area contributed by atoms with Crippen molar-refractivity contribution in [2.45, 2.75) is 35.9 Å². The molecule has 2 heterocycles. The van der Waals surface area contributed by atoms with E-state index in [1.807, 2.05) is 13.8 Å². The first-order valence-electron chi connectivity index (χ1n) is 6.22. The van der Waals surface area contributed by atoms with E-state index in [2.05, 4.69) is 10.2 Å². The second-order valence-electron chi connectivity index (χ2n) is 4.85. The molecule has 0 unspecified atom stereocenters. The molecule has 0 bridgehead atoms. The van der Waals surface area contributed by atoms with Gasteiger partial charge in [-0.05, 0) is 20.3 Å². The van der Waals surface area contributed by atoms with Crippen LogP contribution in [0.4, 0.5) is 0 Å². The van der Waals surface area contributed by atoms with Crippen LogP contribution in [-0.2, 0) is 14.6 Å². The van der Waals surface area contributed by atoms with Crippen LogP contribution in [0.25, 0.3) is 0 Å². The average molecular weight is 335 g/mol. The third kappa shape index (κ3) is 3.70. The van der Waals surface area contributed by atoms with Crippen LogP contribution >= 0.6 is 23.1 Å². The van der Waals surface area contributed by atoms with E-state index in [9.17, 15) is 13.2 Å². The third-order valence-electron chi connectivity index (χ3n) is 3.24. The molecule has 9 heteroatoms. The van der Waals surface area contributed by atoms with Crippen molar-refractivity contribution in [3.63, 3.8) is 0 Å². The van der Waals surface area contributed by atoms with Gasteiger partial charge in [-0.15, -0.1) is 10.2 Å². The van der Waals surface area contributed by atoms with Crippen molar-refractivity contribution in [3.8, 4) is 0 Å². The van der Waals surface area contributed by atoms with Crippen LogP contribution in [0.5, 0.6) is 0 Å². The fourth-order valence-corrected chi connectivity index (χ4v) is 5.91. The van der Waals surface area contributed by atoms with Crippen LogP contribution in [-0.4, -0.2) is 59.3 Å². The summed E-state index contributed by atoms with van der Waals surface area (Å²) in [5.41, 5.74) is 0. The SMILES string of the molecule is Cc1nnc(S[C@H](C)C(=O)N(C)[C@@H]2CCS(=O)(=O)C2)s1. The molecule has 0 radical (unpaired) electrons. The van der Waals surface area contributed by atoms with E-state index in [1.54, 1.807) is 11.9 Å². The van der Waals surface area contributed by atoms with E-state index in [1.165, 1.54) is 23.1 Å². The van der Waals surface area contributed by atoms with Crippen molar-refractivity contribution in [3.05, 3.63) is 5.01 Å². The number of sulfone groups is 1. The molecule has 1 aliphatic rings. The van der Waals surface area contributed by atoms with Crippen LogP contribution < -0.4 is 0 Å². The summed E-state index contributed by atoms with van der Waals surface area (Å²) in [6, 6.07) is -0.202. The number of thioether (sulfide) groups is 1. The molecule has 1 saturated heterocycles. The molecule has 0 aliphatic carbocycles. The molecule has 2 atom stereocenters. The van der Waals surface area contributed by atoms with Gasteiger partial charge in [0.25, 0.3) is 0 Å². The summed E-state index contributed by atoms with van der Waals surface area (Å²) in [7, 11) is -1.30. The van der Waals surface area contributed by atoms with E-state index in [0.29, 0.717) is 6.42 Å². The third-order valence-corrected chi connectivity index (χ3v) is 7.00. The van der Waals surface area contributed by atoms with Crippen molar-refractivity contribution in [2.75, 3.05) is 18.6 Å². The molecule has 1 aromatic heterocycles. The lowest BCUT2D eigenvalue weighted by Crippen LogP contribution is -2.41. The summed E-state index contributed by atoms with van der Waals surface area (Å²) in [6.07, 6.45) is 0.528. The van der Waals surface area contributed by atoms with Crippen LogP contribution in [0.3, 0.4) is 0 Å². The number of nitrogens with zero attached hydrogens (tertiary/aromatic N) is 3. The molecule has 1 fully saturated rings. The van der Waals surface area contributed by atoms with Crippen molar-refractivity contribution in [1.82, 2.24) is 15.1 Å². The molecule has 0 aromatic carbocycles. The van der Waals surface area contributed by atoms with Crippen LogP contribution in [0.1, 0.15) is 18.4 Å². The summed E-state index contributed by atoms with van der Waals surface area (Å²) < 4.78 is 23.7. The maximum Gasteiger partial charge on any atom is 0.235 e. The lowest BCUT2D eigenvalue weighted by atomic mass is 10.2. The summed E-state index contributed by atoms with van der Waals surface area (Å²) in [5.74, 6) is 0.182. The first kappa shape index (κ1) is 15.7. The van der Waals surface area contributed by atoms with Crippen molar-refractivity contribution in [1.29, 1.82) is 0 Å². The Morgan fingerprint density at radius 3 is 2.70 bits per heavy atom. The number of amides is 1. The highest BCUT2D eigenvalue weighted by Crippen LogP contribution is 2.28. The summed E-state index contributed by atoms with van der Waals surface area (Å²) in [5, 5.41) is 8.46. The van der Waals surface area contributed by atoms with E-state index < -0.39 is 9.84 Å². The Hall–Kier alpha value is -0.670. The Labute approximate surface area is 126 Å². The minimum absolute atomic E-state index is 0.0649. The first-order chi connectivity index (χ1) is 9.28. The topological polar surface area (TPSA) is 80.2 Å². The Kier molecular flexibility index (Phi) is 4.70. The second kappa shape index (κ2) is 5.98. The van der Waals surface area contributed by atoms with E-state index in [0.717, 1.165) is 9.35 Å². The van der Waals surface area contributed by atoms with Crippen LogP contribution in [0, 0.1) is 6.92 Å². The summed E-state index contributed by atoms with van der Waals surface area (Å²) in [4.78, 5) is 13.9. The highest BCUT2D eigenvalue weighted by atomic mass is 32.2. The zero-order valence-corrected chi connectivity index (χ0v) is 14.0. The molecule has 112 valence electrons. The zero-order valence-electron chi connectivity index (χ0n) is 11.6. The quantitative estimate of drug-likeness (QED) is 0.763. The van der Waals surface area contributed by atoms with Crippen molar-refractivity contribution < 1.29 is 13.2 Å². The van der Waals surface area contributed by atoms with Gasteiger partial charge in [-0.25, -0.2) is 8.42 Å². The predicted molar refractivity (Wildman–Crippen MR) is 79.8 cm³/mol. The van der Waals surface area contributed by atoms with Gasteiger partial charge in [0, 0.05) is 13.1 Å². The van der Waals surface area contributed by atoms with Crippen LogP contribution in [0.2, 0.25) is 0 Å². The molecule has 0 spiro atoms.